The van der Waals surface area contributed by atoms with E-state index in [0.29, 0.717) is 13.2 Å². The zero-order valence-corrected chi connectivity index (χ0v) is 10.7. The molecule has 0 spiro atoms. The highest BCUT2D eigenvalue weighted by Gasteiger charge is 1.98. The Morgan fingerprint density at radius 1 is 1.35 bits per heavy atom. The van der Waals surface area contributed by atoms with Crippen molar-refractivity contribution in [3.8, 4) is 0 Å². The Labute approximate surface area is 105 Å². The van der Waals surface area contributed by atoms with Gasteiger partial charge < -0.3 is 10.1 Å². The van der Waals surface area contributed by atoms with E-state index in [0.717, 1.165) is 17.9 Å². The van der Waals surface area contributed by atoms with Gasteiger partial charge in [-0.1, -0.05) is 6.07 Å². The van der Waals surface area contributed by atoms with Crippen LogP contribution >= 0.6 is 11.3 Å². The summed E-state index contributed by atoms with van der Waals surface area (Å²) in [5.41, 5.74) is 2.05. The molecule has 0 aliphatic rings. The summed E-state index contributed by atoms with van der Waals surface area (Å²) in [4.78, 5) is 5.52. The number of rotatable bonds is 6. The van der Waals surface area contributed by atoms with Crippen LogP contribution in [-0.2, 0) is 18.0 Å². The van der Waals surface area contributed by atoms with Gasteiger partial charge in [0.15, 0.2) is 0 Å². The van der Waals surface area contributed by atoms with Crippen molar-refractivity contribution in [1.82, 2.24) is 4.98 Å². The first-order chi connectivity index (χ1) is 8.38. The SMILES string of the molecule is CCNc1ccnc(COCc2cccs2)c1. The van der Waals surface area contributed by atoms with Crippen LogP contribution in [0.15, 0.2) is 35.8 Å². The highest BCUT2D eigenvalue weighted by atomic mass is 32.1. The van der Waals surface area contributed by atoms with Gasteiger partial charge >= 0.3 is 0 Å². The van der Waals surface area contributed by atoms with E-state index in [9.17, 15) is 0 Å². The summed E-state index contributed by atoms with van der Waals surface area (Å²) in [6.07, 6.45) is 1.81. The van der Waals surface area contributed by atoms with Crippen molar-refractivity contribution in [1.29, 1.82) is 0 Å². The summed E-state index contributed by atoms with van der Waals surface area (Å²) in [5.74, 6) is 0. The van der Waals surface area contributed by atoms with Gasteiger partial charge in [-0.25, -0.2) is 0 Å². The lowest BCUT2D eigenvalue weighted by molar-refractivity contribution is 0.106. The Balaban J connectivity index is 1.84. The average Bonchev–Trinajstić information content (AvgIpc) is 2.83. The molecule has 0 aliphatic heterocycles. The van der Waals surface area contributed by atoms with Gasteiger partial charge in [0.25, 0.3) is 0 Å². The first-order valence-electron chi connectivity index (χ1n) is 5.67. The molecule has 2 heterocycles. The third-order valence-corrected chi connectivity index (χ3v) is 3.12. The maximum absolute atomic E-state index is 5.62. The number of pyridine rings is 1. The molecule has 0 saturated carbocycles. The third-order valence-electron chi connectivity index (χ3n) is 2.27. The van der Waals surface area contributed by atoms with Crippen LogP contribution in [0.25, 0.3) is 0 Å². The van der Waals surface area contributed by atoms with Crippen molar-refractivity contribution in [2.45, 2.75) is 20.1 Å². The monoisotopic (exact) mass is 248 g/mol. The van der Waals surface area contributed by atoms with Crippen LogP contribution in [-0.4, -0.2) is 11.5 Å². The average molecular weight is 248 g/mol. The first-order valence-corrected chi connectivity index (χ1v) is 6.55. The quantitative estimate of drug-likeness (QED) is 0.851. The van der Waals surface area contributed by atoms with E-state index in [1.165, 1.54) is 4.88 Å². The Morgan fingerprint density at radius 2 is 2.29 bits per heavy atom. The Bertz CT molecular complexity index is 442. The number of aromatic nitrogens is 1. The topological polar surface area (TPSA) is 34.2 Å². The lowest BCUT2D eigenvalue weighted by Gasteiger charge is -2.06. The molecule has 0 aromatic carbocycles. The molecule has 0 aliphatic carbocycles. The summed E-state index contributed by atoms with van der Waals surface area (Å²) in [6.45, 7) is 4.20. The summed E-state index contributed by atoms with van der Waals surface area (Å²) in [5, 5.41) is 5.32. The van der Waals surface area contributed by atoms with Gasteiger partial charge in [-0.05, 0) is 30.5 Å². The van der Waals surface area contributed by atoms with E-state index >= 15 is 0 Å². The van der Waals surface area contributed by atoms with Crippen LogP contribution < -0.4 is 5.32 Å². The van der Waals surface area contributed by atoms with E-state index in [1.54, 1.807) is 11.3 Å². The number of nitrogens with zero attached hydrogens (tertiary/aromatic N) is 1. The summed E-state index contributed by atoms with van der Waals surface area (Å²) < 4.78 is 5.62. The molecule has 0 saturated heterocycles. The van der Waals surface area contributed by atoms with Crippen LogP contribution in [0.5, 0.6) is 0 Å². The van der Waals surface area contributed by atoms with E-state index in [1.807, 2.05) is 24.4 Å². The van der Waals surface area contributed by atoms with E-state index in [-0.39, 0.29) is 0 Å². The van der Waals surface area contributed by atoms with Crippen molar-refractivity contribution in [2.75, 3.05) is 11.9 Å². The molecule has 17 heavy (non-hydrogen) atoms. The number of nitrogens with one attached hydrogen (secondary N) is 1. The molecule has 0 atom stereocenters. The highest BCUT2D eigenvalue weighted by Crippen LogP contribution is 2.12. The smallest absolute Gasteiger partial charge is 0.0893 e. The van der Waals surface area contributed by atoms with Crippen molar-refractivity contribution >= 4 is 17.0 Å². The van der Waals surface area contributed by atoms with Gasteiger partial charge in [-0.3, -0.25) is 4.98 Å². The van der Waals surface area contributed by atoms with Crippen LogP contribution in [0.2, 0.25) is 0 Å². The maximum atomic E-state index is 5.62. The second kappa shape index (κ2) is 6.37. The predicted molar refractivity (Wildman–Crippen MR) is 71.2 cm³/mol. The van der Waals surface area contributed by atoms with Crippen molar-refractivity contribution in [3.63, 3.8) is 0 Å². The molecular formula is C13H16N2OS. The van der Waals surface area contributed by atoms with E-state index < -0.39 is 0 Å². The molecule has 0 unspecified atom stereocenters. The standard InChI is InChI=1S/C13H16N2OS/c1-2-14-11-5-6-15-12(8-11)9-16-10-13-4-3-7-17-13/h3-8H,2,9-10H2,1H3,(H,14,15). The van der Waals surface area contributed by atoms with E-state index in [4.69, 9.17) is 4.74 Å². The highest BCUT2D eigenvalue weighted by molar-refractivity contribution is 7.09. The molecule has 0 fully saturated rings. The van der Waals surface area contributed by atoms with Gasteiger partial charge in [-0.15, -0.1) is 11.3 Å². The Morgan fingerprint density at radius 3 is 3.06 bits per heavy atom. The van der Waals surface area contributed by atoms with Gasteiger partial charge in [0.05, 0.1) is 18.9 Å². The molecule has 0 radical (unpaired) electrons. The largest absolute Gasteiger partial charge is 0.385 e. The molecule has 4 heteroatoms. The predicted octanol–water partition coefficient (Wildman–Crippen LogP) is 3.29. The maximum Gasteiger partial charge on any atom is 0.0893 e. The second-order valence-electron chi connectivity index (χ2n) is 3.64. The number of ether oxygens (including phenoxy) is 1. The zero-order chi connectivity index (χ0) is 11.9. The lowest BCUT2D eigenvalue weighted by Crippen LogP contribution is -2.00. The fraction of sp³-hybridized carbons (Fsp3) is 0.308. The molecular weight excluding hydrogens is 232 g/mol. The van der Waals surface area contributed by atoms with Crippen molar-refractivity contribution in [3.05, 3.63) is 46.4 Å². The fourth-order valence-corrected chi connectivity index (χ4v) is 2.16. The minimum atomic E-state index is 0.553. The molecule has 2 aromatic rings. The summed E-state index contributed by atoms with van der Waals surface area (Å²) in [7, 11) is 0. The van der Waals surface area contributed by atoms with Gasteiger partial charge in [0.1, 0.15) is 0 Å². The molecule has 3 nitrogen and oxygen atoms in total. The zero-order valence-electron chi connectivity index (χ0n) is 9.85. The van der Waals surface area contributed by atoms with Crippen molar-refractivity contribution in [2.24, 2.45) is 0 Å². The van der Waals surface area contributed by atoms with Crippen molar-refractivity contribution < 1.29 is 4.74 Å². The molecule has 2 aromatic heterocycles. The molecule has 1 N–H and O–H groups in total. The van der Waals surface area contributed by atoms with Crippen LogP contribution in [0.3, 0.4) is 0 Å². The van der Waals surface area contributed by atoms with Crippen LogP contribution in [0.4, 0.5) is 5.69 Å². The third kappa shape index (κ3) is 3.84. The first kappa shape index (κ1) is 12.1. The number of hydrogen-bond donors (Lipinski definition) is 1. The number of hydrogen-bond acceptors (Lipinski definition) is 4. The molecule has 0 bridgehead atoms. The minimum Gasteiger partial charge on any atom is -0.385 e. The van der Waals surface area contributed by atoms with Gasteiger partial charge in [-0.2, -0.15) is 0 Å². The number of thiophene rings is 1. The van der Waals surface area contributed by atoms with Crippen LogP contribution in [0, 0.1) is 0 Å². The van der Waals surface area contributed by atoms with E-state index in [2.05, 4.69) is 28.7 Å². The summed E-state index contributed by atoms with van der Waals surface area (Å²) >= 11 is 1.71. The Hall–Kier alpha value is -1.39. The normalized spacial score (nSPS) is 10.4. The minimum absolute atomic E-state index is 0.553. The summed E-state index contributed by atoms with van der Waals surface area (Å²) in [6, 6.07) is 8.10. The van der Waals surface area contributed by atoms with Crippen LogP contribution in [0.1, 0.15) is 17.5 Å². The lowest BCUT2D eigenvalue weighted by atomic mass is 10.3. The second-order valence-corrected chi connectivity index (χ2v) is 4.67. The molecule has 2 rings (SSSR count). The molecule has 0 amide bonds. The molecule has 90 valence electrons. The Kier molecular flexibility index (Phi) is 4.53. The van der Waals surface area contributed by atoms with Gasteiger partial charge in [0, 0.05) is 23.3 Å². The van der Waals surface area contributed by atoms with Gasteiger partial charge in [0.2, 0.25) is 0 Å². The fourth-order valence-electron chi connectivity index (χ4n) is 1.52. The number of anilines is 1.